The van der Waals surface area contributed by atoms with Gasteiger partial charge in [-0.3, -0.25) is 4.72 Å². The van der Waals surface area contributed by atoms with E-state index in [0.29, 0.717) is 11.4 Å². The number of nitrogens with one attached hydrogen (secondary N) is 1. The molecule has 0 aliphatic heterocycles. The highest BCUT2D eigenvalue weighted by molar-refractivity contribution is 7.93. The fourth-order valence-electron chi connectivity index (χ4n) is 2.49. The van der Waals surface area contributed by atoms with Crippen LogP contribution in [0, 0.1) is 0 Å². The minimum Gasteiger partial charge on any atom is -0.496 e. The van der Waals surface area contributed by atoms with Crippen molar-refractivity contribution in [2.45, 2.75) is 24.5 Å². The maximum absolute atomic E-state index is 12.1. The first-order chi connectivity index (χ1) is 11.6. The van der Waals surface area contributed by atoms with Gasteiger partial charge in [0, 0.05) is 11.3 Å². The van der Waals surface area contributed by atoms with Crippen molar-refractivity contribution in [3.63, 3.8) is 0 Å². The molecule has 0 unspecified atom stereocenters. The number of sulfonamides is 1. The maximum atomic E-state index is 12.1. The molecule has 1 fully saturated rings. The molecule has 24 heavy (non-hydrogen) atoms. The van der Waals surface area contributed by atoms with E-state index in [4.69, 9.17) is 4.74 Å². The molecule has 2 aromatic carbocycles. The van der Waals surface area contributed by atoms with Crippen LogP contribution in [0.2, 0.25) is 0 Å². The molecule has 5 heteroatoms. The van der Waals surface area contributed by atoms with E-state index >= 15 is 0 Å². The number of ether oxygens (including phenoxy) is 1. The molecule has 0 bridgehead atoms. The Hall–Kier alpha value is -2.27. The predicted molar refractivity (Wildman–Crippen MR) is 97.7 cm³/mol. The number of hydrogen-bond acceptors (Lipinski definition) is 3. The Morgan fingerprint density at radius 3 is 2.58 bits per heavy atom. The van der Waals surface area contributed by atoms with Crippen LogP contribution in [0.3, 0.4) is 0 Å². The van der Waals surface area contributed by atoms with Gasteiger partial charge >= 0.3 is 0 Å². The van der Waals surface area contributed by atoms with Gasteiger partial charge < -0.3 is 4.74 Å². The molecule has 0 atom stereocenters. The highest BCUT2D eigenvalue weighted by Crippen LogP contribution is 2.31. The molecule has 1 aliphatic carbocycles. The van der Waals surface area contributed by atoms with E-state index in [-0.39, 0.29) is 5.25 Å². The fourth-order valence-corrected chi connectivity index (χ4v) is 3.87. The molecule has 126 valence electrons. The highest BCUT2D eigenvalue weighted by Gasteiger charge is 2.35. The molecular formula is C19H21NO3S. The summed E-state index contributed by atoms with van der Waals surface area (Å²) in [6, 6.07) is 15.5. The SMILES string of the molecule is COc1ccc(NS(=O)(=O)C2CC2)cc1C=CCc1ccccc1. The quantitative estimate of drug-likeness (QED) is 0.831. The predicted octanol–water partition coefficient (Wildman–Crippen LogP) is 3.86. The van der Waals surface area contributed by atoms with Crippen molar-refractivity contribution in [2.24, 2.45) is 0 Å². The molecule has 0 radical (unpaired) electrons. The number of hydrogen-bond donors (Lipinski definition) is 1. The zero-order valence-electron chi connectivity index (χ0n) is 13.6. The highest BCUT2D eigenvalue weighted by atomic mass is 32.2. The van der Waals surface area contributed by atoms with Crippen molar-refractivity contribution >= 4 is 21.8 Å². The van der Waals surface area contributed by atoms with E-state index < -0.39 is 10.0 Å². The summed E-state index contributed by atoms with van der Waals surface area (Å²) in [5, 5.41) is -0.239. The van der Waals surface area contributed by atoms with Gasteiger partial charge in [-0.1, -0.05) is 42.5 Å². The summed E-state index contributed by atoms with van der Waals surface area (Å²) >= 11 is 0. The zero-order chi connectivity index (χ0) is 17.0. The molecule has 1 aliphatic rings. The Morgan fingerprint density at radius 1 is 1.17 bits per heavy atom. The summed E-state index contributed by atoms with van der Waals surface area (Å²) in [5.74, 6) is 0.716. The average Bonchev–Trinajstić information content (AvgIpc) is 3.41. The van der Waals surface area contributed by atoms with Gasteiger partial charge in [-0.15, -0.1) is 0 Å². The molecule has 1 saturated carbocycles. The second-order valence-electron chi connectivity index (χ2n) is 5.90. The molecule has 0 amide bonds. The van der Waals surface area contributed by atoms with Crippen LogP contribution < -0.4 is 9.46 Å². The number of methoxy groups -OCH3 is 1. The third-order valence-electron chi connectivity index (χ3n) is 3.95. The largest absolute Gasteiger partial charge is 0.496 e. The van der Waals surface area contributed by atoms with Gasteiger partial charge in [0.05, 0.1) is 12.4 Å². The van der Waals surface area contributed by atoms with Crippen molar-refractivity contribution in [2.75, 3.05) is 11.8 Å². The third kappa shape index (κ3) is 4.17. The summed E-state index contributed by atoms with van der Waals surface area (Å²) in [6.07, 6.45) is 6.31. The van der Waals surface area contributed by atoms with Gasteiger partial charge in [-0.05, 0) is 43.0 Å². The third-order valence-corrected chi connectivity index (χ3v) is 5.82. The van der Waals surface area contributed by atoms with Crippen molar-refractivity contribution in [1.82, 2.24) is 0 Å². The summed E-state index contributed by atoms with van der Waals surface area (Å²) in [7, 11) is -1.65. The van der Waals surface area contributed by atoms with Gasteiger partial charge in [-0.2, -0.15) is 0 Å². The van der Waals surface area contributed by atoms with Crippen LogP contribution in [0.15, 0.2) is 54.6 Å². The second-order valence-corrected chi connectivity index (χ2v) is 7.86. The Bertz CT molecular complexity index is 825. The van der Waals surface area contributed by atoms with E-state index in [1.165, 1.54) is 5.56 Å². The molecule has 0 saturated heterocycles. The lowest BCUT2D eigenvalue weighted by atomic mass is 10.1. The van der Waals surface area contributed by atoms with Gasteiger partial charge in [0.15, 0.2) is 0 Å². The topological polar surface area (TPSA) is 55.4 Å². The van der Waals surface area contributed by atoms with Crippen molar-refractivity contribution in [3.8, 4) is 5.75 Å². The van der Waals surface area contributed by atoms with E-state index in [1.807, 2.05) is 30.4 Å². The lowest BCUT2D eigenvalue weighted by Crippen LogP contribution is -2.17. The van der Waals surface area contributed by atoms with E-state index in [2.05, 4.69) is 16.9 Å². The van der Waals surface area contributed by atoms with Crippen LogP contribution in [-0.2, 0) is 16.4 Å². The van der Waals surface area contributed by atoms with Crippen LogP contribution >= 0.6 is 0 Å². The molecule has 0 aromatic heterocycles. The minimum absolute atomic E-state index is 0.239. The Labute approximate surface area is 143 Å². The van der Waals surface area contributed by atoms with Crippen LogP contribution in [0.1, 0.15) is 24.0 Å². The molecular weight excluding hydrogens is 322 g/mol. The smallest absolute Gasteiger partial charge is 0.235 e. The number of rotatable bonds is 7. The Kier molecular flexibility index (Phi) is 4.90. The van der Waals surface area contributed by atoms with Gasteiger partial charge in [0.1, 0.15) is 5.75 Å². The lowest BCUT2D eigenvalue weighted by Gasteiger charge is -2.10. The van der Waals surface area contributed by atoms with Crippen molar-refractivity contribution in [1.29, 1.82) is 0 Å². The standard InChI is InChI=1S/C19H21NO3S/c1-23-19-13-10-17(20-24(21,22)18-11-12-18)14-16(19)9-5-8-15-6-3-2-4-7-15/h2-7,9-10,13-14,18,20H,8,11-12H2,1H3. The molecule has 0 heterocycles. The Morgan fingerprint density at radius 2 is 1.92 bits per heavy atom. The summed E-state index contributed by atoms with van der Waals surface area (Å²) < 4.78 is 32.2. The summed E-state index contributed by atoms with van der Waals surface area (Å²) in [6.45, 7) is 0. The molecule has 1 N–H and O–H groups in total. The number of allylic oxidation sites excluding steroid dienone is 1. The van der Waals surface area contributed by atoms with Crippen LogP contribution in [0.5, 0.6) is 5.75 Å². The van der Waals surface area contributed by atoms with E-state index in [1.54, 1.807) is 25.3 Å². The monoisotopic (exact) mass is 343 g/mol. The first-order valence-electron chi connectivity index (χ1n) is 7.98. The van der Waals surface area contributed by atoms with Gasteiger partial charge in [-0.25, -0.2) is 8.42 Å². The average molecular weight is 343 g/mol. The number of anilines is 1. The maximum Gasteiger partial charge on any atom is 0.235 e. The molecule has 0 spiro atoms. The normalized spacial score (nSPS) is 14.7. The molecule has 3 rings (SSSR count). The zero-order valence-corrected chi connectivity index (χ0v) is 14.4. The van der Waals surface area contributed by atoms with Crippen LogP contribution in [0.4, 0.5) is 5.69 Å². The minimum atomic E-state index is -3.25. The van der Waals surface area contributed by atoms with Gasteiger partial charge in [0.25, 0.3) is 0 Å². The molecule has 4 nitrogen and oxygen atoms in total. The van der Waals surface area contributed by atoms with Gasteiger partial charge in [0.2, 0.25) is 10.0 Å². The molecule has 2 aromatic rings. The van der Waals surface area contributed by atoms with E-state index in [0.717, 1.165) is 24.8 Å². The van der Waals surface area contributed by atoms with Crippen LogP contribution in [0.25, 0.3) is 6.08 Å². The lowest BCUT2D eigenvalue weighted by molar-refractivity contribution is 0.414. The second kappa shape index (κ2) is 7.09. The summed E-state index contributed by atoms with van der Waals surface area (Å²) in [4.78, 5) is 0. The Balaban J connectivity index is 1.76. The van der Waals surface area contributed by atoms with Crippen LogP contribution in [-0.4, -0.2) is 20.8 Å². The first-order valence-corrected chi connectivity index (χ1v) is 9.53. The van der Waals surface area contributed by atoms with Crippen molar-refractivity contribution in [3.05, 3.63) is 65.7 Å². The fraction of sp³-hybridized carbons (Fsp3) is 0.263. The first kappa shape index (κ1) is 16.6. The summed E-state index contributed by atoms with van der Waals surface area (Å²) in [5.41, 5.74) is 2.64. The van der Waals surface area contributed by atoms with Crippen molar-refractivity contribution < 1.29 is 13.2 Å². The number of benzene rings is 2. The van der Waals surface area contributed by atoms with E-state index in [9.17, 15) is 8.42 Å².